The molecule has 4 fully saturated rings. The van der Waals surface area contributed by atoms with Gasteiger partial charge in [-0.1, -0.05) is 54.0 Å². The first-order chi connectivity index (χ1) is 18.5. The highest BCUT2D eigenvalue weighted by Gasteiger charge is 2.73. The van der Waals surface area contributed by atoms with Gasteiger partial charge in [0.25, 0.3) is 0 Å². The minimum atomic E-state index is -1.14. The fourth-order valence-corrected chi connectivity index (χ4v) is 10.9. The van der Waals surface area contributed by atoms with Gasteiger partial charge in [-0.2, -0.15) is 5.26 Å². The summed E-state index contributed by atoms with van der Waals surface area (Å²) in [6, 6.07) is 2.14. The number of allylic oxidation sites excluding steroid dienone is 1. The quantitative estimate of drug-likeness (QED) is 0.465. The van der Waals surface area contributed by atoms with Crippen molar-refractivity contribution < 1.29 is 19.1 Å². The minimum absolute atomic E-state index is 0.0728. The molecule has 6 rings (SSSR count). The number of fused-ring (bicyclic) bond motifs is 7. The monoisotopic (exact) mass is 547 g/mol. The van der Waals surface area contributed by atoms with Gasteiger partial charge < -0.3 is 9.52 Å². The Balaban J connectivity index is 1.53. The highest BCUT2D eigenvalue weighted by Crippen LogP contribution is 2.75. The number of ketones is 2. The maximum absolute atomic E-state index is 14.6. The number of carbonyl (C=O) groups is 2. The molecule has 1 aromatic rings. The summed E-state index contributed by atoms with van der Waals surface area (Å²) in [7, 11) is 0. The van der Waals surface area contributed by atoms with Gasteiger partial charge in [-0.25, -0.2) is 0 Å². The molecule has 40 heavy (non-hydrogen) atoms. The van der Waals surface area contributed by atoms with Crippen LogP contribution in [-0.4, -0.2) is 33.0 Å². The Morgan fingerprint density at radius 3 is 2.30 bits per heavy atom. The Hall–Kier alpha value is -2.33. The second kappa shape index (κ2) is 8.15. The summed E-state index contributed by atoms with van der Waals surface area (Å²) in [6.07, 6.45) is 6.96. The van der Waals surface area contributed by atoms with Crippen LogP contribution in [0, 0.1) is 69.0 Å². The zero-order chi connectivity index (χ0) is 29.3. The number of aryl methyl sites for hydroxylation is 1. The highest BCUT2D eigenvalue weighted by atomic mass is 16.4. The molecule has 216 valence electrons. The summed E-state index contributed by atoms with van der Waals surface area (Å²) in [5.74, 6) is -0.177. The van der Waals surface area contributed by atoms with E-state index < -0.39 is 22.9 Å². The predicted octanol–water partition coefficient (Wildman–Crippen LogP) is 5.90. The molecule has 0 amide bonds. The lowest BCUT2D eigenvalue weighted by atomic mass is 9.33. The van der Waals surface area contributed by atoms with Crippen LogP contribution in [0.5, 0.6) is 0 Å². The second-order valence-electron chi connectivity index (χ2n) is 16.0. The average molecular weight is 548 g/mol. The topological polar surface area (TPSA) is 117 Å². The van der Waals surface area contributed by atoms with E-state index in [0.29, 0.717) is 11.8 Å². The van der Waals surface area contributed by atoms with Gasteiger partial charge in [0.2, 0.25) is 11.8 Å². The number of aromatic nitrogens is 2. The molecule has 9 atom stereocenters. The lowest BCUT2D eigenvalue weighted by Crippen LogP contribution is -2.69. The molecule has 0 aliphatic heterocycles. The molecule has 0 bridgehead atoms. The van der Waals surface area contributed by atoms with Crippen molar-refractivity contribution in [2.75, 3.05) is 0 Å². The number of rotatable bonds is 1. The van der Waals surface area contributed by atoms with E-state index in [-0.39, 0.29) is 51.0 Å². The maximum atomic E-state index is 14.6. The predicted molar refractivity (Wildman–Crippen MR) is 149 cm³/mol. The molecule has 4 saturated carbocycles. The van der Waals surface area contributed by atoms with Crippen LogP contribution in [0.15, 0.2) is 16.1 Å². The van der Waals surface area contributed by atoms with Gasteiger partial charge in [0.05, 0.1) is 17.6 Å². The SMILES string of the molecule is Cc1nnc(C23CCC(C)(C)CC2C2C(=O)C=C4C5(C)C(O)C(C#N)C(=O)C(C)(C)C5CCC4(C)C2(C)CC3)o1. The van der Waals surface area contributed by atoms with Gasteiger partial charge in [-0.05, 0) is 79.1 Å². The highest BCUT2D eigenvalue weighted by molar-refractivity contribution is 5.96. The van der Waals surface area contributed by atoms with Crippen LogP contribution in [0.1, 0.15) is 105 Å². The van der Waals surface area contributed by atoms with E-state index in [9.17, 15) is 20.0 Å². The Bertz CT molecular complexity index is 1370. The van der Waals surface area contributed by atoms with E-state index >= 15 is 0 Å². The van der Waals surface area contributed by atoms with Crippen LogP contribution in [0.4, 0.5) is 0 Å². The number of carbonyl (C=O) groups excluding carboxylic acids is 2. The third-order valence-electron chi connectivity index (χ3n) is 13.4. The smallest absolute Gasteiger partial charge is 0.222 e. The van der Waals surface area contributed by atoms with E-state index in [2.05, 4.69) is 44.0 Å². The molecule has 1 N–H and O–H groups in total. The minimum Gasteiger partial charge on any atom is -0.425 e. The number of hydrogen-bond acceptors (Lipinski definition) is 7. The Kier molecular flexibility index (Phi) is 5.67. The van der Waals surface area contributed by atoms with E-state index in [1.54, 1.807) is 0 Å². The van der Waals surface area contributed by atoms with Crippen LogP contribution in [0.25, 0.3) is 0 Å². The Morgan fingerprint density at radius 2 is 1.68 bits per heavy atom. The molecule has 5 aliphatic rings. The molecule has 0 spiro atoms. The van der Waals surface area contributed by atoms with Crippen LogP contribution in [0.3, 0.4) is 0 Å². The van der Waals surface area contributed by atoms with Gasteiger partial charge in [0, 0.05) is 23.7 Å². The molecule has 5 aliphatic carbocycles. The summed E-state index contributed by atoms with van der Waals surface area (Å²) < 4.78 is 6.14. The van der Waals surface area contributed by atoms with Crippen molar-refractivity contribution >= 4 is 11.6 Å². The first-order valence-corrected chi connectivity index (χ1v) is 15.2. The fourth-order valence-electron chi connectivity index (χ4n) is 10.9. The molecule has 7 nitrogen and oxygen atoms in total. The van der Waals surface area contributed by atoms with Crippen molar-refractivity contribution in [3.05, 3.63) is 23.4 Å². The van der Waals surface area contributed by atoms with Crippen molar-refractivity contribution in [3.8, 4) is 6.07 Å². The fraction of sp³-hybridized carbons (Fsp3) is 0.788. The van der Waals surface area contributed by atoms with Crippen LogP contribution in [0.2, 0.25) is 0 Å². The molecule has 0 aromatic carbocycles. The number of nitrogens with zero attached hydrogens (tertiary/aromatic N) is 3. The third-order valence-corrected chi connectivity index (χ3v) is 13.4. The number of aliphatic hydroxyl groups excluding tert-OH is 1. The summed E-state index contributed by atoms with van der Waals surface area (Å²) in [5, 5.41) is 30.5. The van der Waals surface area contributed by atoms with Crippen molar-refractivity contribution in [1.82, 2.24) is 10.2 Å². The third kappa shape index (κ3) is 3.15. The maximum Gasteiger partial charge on any atom is 0.222 e. The zero-order valence-electron chi connectivity index (χ0n) is 25.4. The molecular weight excluding hydrogens is 502 g/mol. The molecule has 0 radical (unpaired) electrons. The normalized spacial score (nSPS) is 47.2. The van der Waals surface area contributed by atoms with Crippen LogP contribution in [-0.2, 0) is 15.0 Å². The Morgan fingerprint density at radius 1 is 1.00 bits per heavy atom. The summed E-state index contributed by atoms with van der Waals surface area (Å²) >= 11 is 0. The summed E-state index contributed by atoms with van der Waals surface area (Å²) in [6.45, 7) is 16.9. The van der Waals surface area contributed by atoms with Gasteiger partial charge in [0.15, 0.2) is 11.6 Å². The lowest BCUT2D eigenvalue weighted by Gasteiger charge is -2.70. The van der Waals surface area contributed by atoms with E-state index in [0.717, 1.165) is 50.5 Å². The van der Waals surface area contributed by atoms with Gasteiger partial charge >= 0.3 is 0 Å². The van der Waals surface area contributed by atoms with Gasteiger partial charge in [0.1, 0.15) is 5.92 Å². The standard InChI is InChI=1S/C33H45N3O4/c1-18-35-36-27(40-18)33-13-11-28(2,3)16-20(33)24-21(37)15-23-30(6,31(24,7)12-14-33)10-9-22-29(4,5)25(38)19(17-34)26(39)32(22,23)8/h15,19-20,22,24,26,39H,9-14,16H2,1-8H3. The number of Topliss-reactive ketones (excluding diaryl/α,β-unsaturated/α-hetero) is 1. The van der Waals surface area contributed by atoms with Crippen molar-refractivity contribution in [1.29, 1.82) is 5.26 Å². The molecule has 9 unspecified atom stereocenters. The van der Waals surface area contributed by atoms with Crippen molar-refractivity contribution in [3.63, 3.8) is 0 Å². The summed E-state index contributed by atoms with van der Waals surface area (Å²) in [4.78, 5) is 28.0. The molecular formula is C33H45N3O4. The van der Waals surface area contributed by atoms with E-state index in [1.165, 1.54) is 0 Å². The van der Waals surface area contributed by atoms with Crippen molar-refractivity contribution in [2.45, 2.75) is 112 Å². The zero-order valence-corrected chi connectivity index (χ0v) is 25.4. The average Bonchev–Trinajstić information content (AvgIpc) is 3.31. The molecule has 1 heterocycles. The van der Waals surface area contributed by atoms with Gasteiger partial charge in [-0.3, -0.25) is 9.59 Å². The number of nitriles is 1. The number of hydrogen-bond donors (Lipinski definition) is 1. The van der Waals surface area contributed by atoms with E-state index in [4.69, 9.17) is 4.42 Å². The molecule has 0 saturated heterocycles. The first-order valence-electron chi connectivity index (χ1n) is 15.2. The Labute approximate surface area is 238 Å². The molecule has 1 aromatic heterocycles. The first kappa shape index (κ1) is 27.8. The van der Waals surface area contributed by atoms with Gasteiger partial charge in [-0.15, -0.1) is 10.2 Å². The largest absolute Gasteiger partial charge is 0.425 e. The van der Waals surface area contributed by atoms with E-state index in [1.807, 2.05) is 33.8 Å². The molecule has 7 heteroatoms. The lowest BCUT2D eigenvalue weighted by molar-refractivity contribution is -0.183. The van der Waals surface area contributed by atoms with Crippen molar-refractivity contribution in [2.24, 2.45) is 50.7 Å². The van der Waals surface area contributed by atoms with Crippen LogP contribution >= 0.6 is 0 Å². The second-order valence-corrected chi connectivity index (χ2v) is 16.0. The summed E-state index contributed by atoms with van der Waals surface area (Å²) in [5.41, 5.74) is -1.55. The van der Waals surface area contributed by atoms with Crippen LogP contribution < -0.4 is 0 Å². The number of aliphatic hydroxyl groups is 1.